The van der Waals surface area contributed by atoms with Gasteiger partial charge in [-0.15, -0.1) is 10.2 Å². The zero-order valence-electron chi connectivity index (χ0n) is 10.3. The molecule has 0 bridgehead atoms. The summed E-state index contributed by atoms with van der Waals surface area (Å²) >= 11 is 0. The van der Waals surface area contributed by atoms with Crippen molar-refractivity contribution >= 4 is 16.6 Å². The second-order valence-corrected chi connectivity index (χ2v) is 3.91. The zero-order chi connectivity index (χ0) is 12.7. The van der Waals surface area contributed by atoms with Crippen LogP contribution in [0.25, 0.3) is 16.6 Å². The summed E-state index contributed by atoms with van der Waals surface area (Å²) in [6.07, 6.45) is 1.71. The number of nitrogens with zero attached hydrogens (tertiary/aromatic N) is 4. The van der Waals surface area contributed by atoms with E-state index in [1.807, 2.05) is 23.5 Å². The molecule has 0 saturated heterocycles. The average Bonchev–Trinajstić information content (AvgIpc) is 2.79. The fourth-order valence-electron chi connectivity index (χ4n) is 1.97. The Morgan fingerprint density at radius 3 is 2.50 bits per heavy atom. The predicted octanol–water partition coefficient (Wildman–Crippen LogP) is 1.60. The monoisotopic (exact) mass is 244 g/mol. The first kappa shape index (κ1) is 10.8. The topological polar surface area (TPSA) is 61.5 Å². The number of hydrogen-bond acceptors (Lipinski definition) is 5. The molecule has 0 spiro atoms. The summed E-state index contributed by atoms with van der Waals surface area (Å²) in [6.45, 7) is 1.88. The Balaban J connectivity index is 2.43. The van der Waals surface area contributed by atoms with E-state index in [0.29, 0.717) is 11.5 Å². The Hall–Kier alpha value is -2.37. The first-order valence-corrected chi connectivity index (χ1v) is 5.46. The van der Waals surface area contributed by atoms with Gasteiger partial charge in [-0.05, 0) is 13.0 Å². The van der Waals surface area contributed by atoms with Crippen LogP contribution >= 0.6 is 0 Å². The third-order valence-corrected chi connectivity index (χ3v) is 2.92. The van der Waals surface area contributed by atoms with Crippen LogP contribution in [-0.4, -0.2) is 33.8 Å². The molecule has 2 heterocycles. The van der Waals surface area contributed by atoms with Crippen molar-refractivity contribution in [2.75, 3.05) is 14.2 Å². The van der Waals surface area contributed by atoms with Crippen LogP contribution in [0.2, 0.25) is 0 Å². The van der Waals surface area contributed by atoms with E-state index in [-0.39, 0.29) is 0 Å². The minimum absolute atomic E-state index is 0.651. The molecule has 0 aliphatic carbocycles. The standard InChI is InChI=1S/C12H12N4O2/c1-7-14-15-12-8-4-10(17-2)11(18-3)5-9(8)13-6-16(7)12/h4-6H,1-3H3. The first-order valence-electron chi connectivity index (χ1n) is 5.46. The number of rotatable bonds is 2. The number of methoxy groups -OCH3 is 2. The Kier molecular flexibility index (Phi) is 2.29. The number of hydrogen-bond donors (Lipinski definition) is 0. The molecule has 0 aliphatic rings. The van der Waals surface area contributed by atoms with Crippen LogP contribution < -0.4 is 9.47 Å². The van der Waals surface area contributed by atoms with Crippen LogP contribution in [0.1, 0.15) is 5.82 Å². The molecule has 6 nitrogen and oxygen atoms in total. The Morgan fingerprint density at radius 1 is 1.06 bits per heavy atom. The van der Waals surface area contributed by atoms with Gasteiger partial charge in [-0.25, -0.2) is 4.98 Å². The van der Waals surface area contributed by atoms with Crippen LogP contribution in [0.15, 0.2) is 18.5 Å². The molecule has 0 radical (unpaired) electrons. The SMILES string of the molecule is COc1cc2ncn3c(C)nnc3c2cc1OC. The number of fused-ring (bicyclic) bond motifs is 3. The van der Waals surface area contributed by atoms with Crippen molar-refractivity contribution in [1.82, 2.24) is 19.6 Å². The van der Waals surface area contributed by atoms with Crippen molar-refractivity contribution < 1.29 is 9.47 Å². The smallest absolute Gasteiger partial charge is 0.171 e. The van der Waals surface area contributed by atoms with E-state index in [2.05, 4.69) is 15.2 Å². The molecular formula is C12H12N4O2. The van der Waals surface area contributed by atoms with Gasteiger partial charge in [-0.1, -0.05) is 0 Å². The molecule has 0 aliphatic heterocycles. The lowest BCUT2D eigenvalue weighted by molar-refractivity contribution is 0.356. The van der Waals surface area contributed by atoms with Crippen LogP contribution in [0, 0.1) is 6.92 Å². The number of aryl methyl sites for hydroxylation is 1. The average molecular weight is 244 g/mol. The van der Waals surface area contributed by atoms with Crippen molar-refractivity contribution in [1.29, 1.82) is 0 Å². The first-order chi connectivity index (χ1) is 8.74. The van der Waals surface area contributed by atoms with Crippen molar-refractivity contribution in [2.45, 2.75) is 6.92 Å². The lowest BCUT2D eigenvalue weighted by Crippen LogP contribution is -1.95. The second-order valence-electron chi connectivity index (χ2n) is 3.91. The summed E-state index contributed by atoms with van der Waals surface area (Å²) in [7, 11) is 3.20. The third kappa shape index (κ3) is 1.38. The normalized spacial score (nSPS) is 11.1. The number of benzene rings is 1. The van der Waals surface area contributed by atoms with Crippen molar-refractivity contribution in [2.24, 2.45) is 0 Å². The van der Waals surface area contributed by atoms with Crippen LogP contribution in [0.3, 0.4) is 0 Å². The van der Waals surface area contributed by atoms with E-state index >= 15 is 0 Å². The fourth-order valence-corrected chi connectivity index (χ4v) is 1.97. The predicted molar refractivity (Wildman–Crippen MR) is 66.1 cm³/mol. The molecular weight excluding hydrogens is 232 g/mol. The van der Waals surface area contributed by atoms with Crippen molar-refractivity contribution in [3.05, 3.63) is 24.3 Å². The molecule has 1 aromatic carbocycles. The van der Waals surface area contributed by atoms with Gasteiger partial charge in [-0.2, -0.15) is 0 Å². The molecule has 6 heteroatoms. The van der Waals surface area contributed by atoms with E-state index in [1.165, 1.54) is 0 Å². The van der Waals surface area contributed by atoms with E-state index in [1.54, 1.807) is 20.5 Å². The van der Waals surface area contributed by atoms with Crippen molar-refractivity contribution in [3.8, 4) is 11.5 Å². The molecule has 2 aromatic heterocycles. The lowest BCUT2D eigenvalue weighted by atomic mass is 10.2. The van der Waals surface area contributed by atoms with Gasteiger partial charge in [0.25, 0.3) is 0 Å². The fraction of sp³-hybridized carbons (Fsp3) is 0.250. The Labute approximate surface area is 103 Å². The maximum atomic E-state index is 5.29. The van der Waals surface area contributed by atoms with Gasteiger partial charge in [0.05, 0.1) is 19.7 Å². The highest BCUT2D eigenvalue weighted by Crippen LogP contribution is 2.32. The van der Waals surface area contributed by atoms with Gasteiger partial charge in [0, 0.05) is 11.5 Å². The van der Waals surface area contributed by atoms with Crippen LogP contribution in [0.4, 0.5) is 0 Å². The summed E-state index contributed by atoms with van der Waals surface area (Å²) < 4.78 is 12.4. The molecule has 3 rings (SSSR count). The minimum Gasteiger partial charge on any atom is -0.493 e. The van der Waals surface area contributed by atoms with Gasteiger partial charge < -0.3 is 9.47 Å². The van der Waals surface area contributed by atoms with Crippen LogP contribution in [-0.2, 0) is 0 Å². The van der Waals surface area contributed by atoms with Gasteiger partial charge in [0.15, 0.2) is 17.1 Å². The third-order valence-electron chi connectivity index (χ3n) is 2.92. The highest BCUT2D eigenvalue weighted by molar-refractivity contribution is 5.93. The maximum absolute atomic E-state index is 5.29. The second kappa shape index (κ2) is 3.83. The molecule has 0 unspecified atom stereocenters. The van der Waals surface area contributed by atoms with Gasteiger partial charge in [-0.3, -0.25) is 4.40 Å². The largest absolute Gasteiger partial charge is 0.493 e. The molecule has 0 fully saturated rings. The number of ether oxygens (including phenoxy) is 2. The maximum Gasteiger partial charge on any atom is 0.171 e. The Morgan fingerprint density at radius 2 is 1.78 bits per heavy atom. The Bertz CT molecular complexity index is 736. The molecule has 0 saturated carbocycles. The highest BCUT2D eigenvalue weighted by atomic mass is 16.5. The quantitative estimate of drug-likeness (QED) is 0.685. The minimum atomic E-state index is 0.651. The van der Waals surface area contributed by atoms with Gasteiger partial charge in [0.2, 0.25) is 0 Å². The van der Waals surface area contributed by atoms with Gasteiger partial charge in [0.1, 0.15) is 12.2 Å². The van der Waals surface area contributed by atoms with E-state index in [4.69, 9.17) is 9.47 Å². The van der Waals surface area contributed by atoms with Crippen LogP contribution in [0.5, 0.6) is 11.5 Å². The molecule has 3 aromatic rings. The summed E-state index contributed by atoms with van der Waals surface area (Å²) in [6, 6.07) is 3.70. The summed E-state index contributed by atoms with van der Waals surface area (Å²) in [5.74, 6) is 2.10. The molecule has 92 valence electrons. The molecule has 0 atom stereocenters. The number of aromatic nitrogens is 4. The van der Waals surface area contributed by atoms with E-state index < -0.39 is 0 Å². The summed E-state index contributed by atoms with van der Waals surface area (Å²) in [5.41, 5.74) is 1.56. The van der Waals surface area contributed by atoms with E-state index in [9.17, 15) is 0 Å². The lowest BCUT2D eigenvalue weighted by Gasteiger charge is -2.08. The summed E-state index contributed by atoms with van der Waals surface area (Å²) in [5, 5.41) is 9.08. The van der Waals surface area contributed by atoms with E-state index in [0.717, 1.165) is 22.4 Å². The summed E-state index contributed by atoms with van der Waals surface area (Å²) in [4.78, 5) is 4.37. The zero-order valence-corrected chi connectivity index (χ0v) is 10.3. The van der Waals surface area contributed by atoms with Crippen molar-refractivity contribution in [3.63, 3.8) is 0 Å². The molecule has 0 amide bonds. The molecule has 0 N–H and O–H groups in total. The van der Waals surface area contributed by atoms with Gasteiger partial charge >= 0.3 is 0 Å². The molecule has 18 heavy (non-hydrogen) atoms. The highest BCUT2D eigenvalue weighted by Gasteiger charge is 2.11.